The minimum atomic E-state index is -0.259. The van der Waals surface area contributed by atoms with E-state index < -0.39 is 0 Å². The van der Waals surface area contributed by atoms with Crippen LogP contribution >= 0.6 is 0 Å². The van der Waals surface area contributed by atoms with Gasteiger partial charge in [-0.1, -0.05) is 0 Å². The first kappa shape index (κ1) is 23.9. The van der Waals surface area contributed by atoms with Gasteiger partial charge in [-0.15, -0.1) is 0 Å². The van der Waals surface area contributed by atoms with Crippen LogP contribution in [0.25, 0.3) is 0 Å². The van der Waals surface area contributed by atoms with Crippen molar-refractivity contribution in [2.45, 2.75) is 51.6 Å². The standard InChI is InChI=1S/C24H34N2O6/c1-4-31-24(29)17-11-13-26(14-12-17)22(27)16-25(2)23(28)18-9-10-20(21(15-18)30-3)32-19-7-5-6-8-19/h9-10,15,17,19H,4-8,11-14,16H2,1-3H3. The number of esters is 1. The maximum atomic E-state index is 12.9. The number of nitrogens with zero attached hydrogens (tertiary/aromatic N) is 2. The summed E-state index contributed by atoms with van der Waals surface area (Å²) in [5, 5.41) is 0. The Kier molecular flexibility index (Phi) is 8.36. The van der Waals surface area contributed by atoms with Gasteiger partial charge in [-0.3, -0.25) is 14.4 Å². The smallest absolute Gasteiger partial charge is 0.309 e. The van der Waals surface area contributed by atoms with Gasteiger partial charge in [-0.25, -0.2) is 0 Å². The van der Waals surface area contributed by atoms with Crippen LogP contribution in [0.2, 0.25) is 0 Å². The van der Waals surface area contributed by atoms with Gasteiger partial charge in [0.25, 0.3) is 5.91 Å². The van der Waals surface area contributed by atoms with E-state index in [-0.39, 0.29) is 36.4 Å². The zero-order valence-corrected chi connectivity index (χ0v) is 19.3. The van der Waals surface area contributed by atoms with E-state index in [9.17, 15) is 14.4 Å². The first-order chi connectivity index (χ1) is 15.4. The summed E-state index contributed by atoms with van der Waals surface area (Å²) in [5.41, 5.74) is 0.442. The molecule has 0 spiro atoms. The molecule has 176 valence electrons. The number of benzene rings is 1. The zero-order chi connectivity index (χ0) is 23.1. The quantitative estimate of drug-likeness (QED) is 0.571. The van der Waals surface area contributed by atoms with Crippen molar-refractivity contribution in [1.29, 1.82) is 0 Å². The second kappa shape index (κ2) is 11.2. The summed E-state index contributed by atoms with van der Waals surface area (Å²) in [7, 11) is 3.17. The molecule has 2 fully saturated rings. The Bertz CT molecular complexity index is 813. The van der Waals surface area contributed by atoms with Crippen LogP contribution in [0.1, 0.15) is 55.8 Å². The SMILES string of the molecule is CCOC(=O)C1CCN(C(=O)CN(C)C(=O)c2ccc(OC3CCCC3)c(OC)c2)CC1. The van der Waals surface area contributed by atoms with Crippen LogP contribution in [0.3, 0.4) is 0 Å². The lowest BCUT2D eigenvalue weighted by molar-refractivity contribution is -0.151. The van der Waals surface area contributed by atoms with Crippen molar-refractivity contribution < 1.29 is 28.6 Å². The van der Waals surface area contributed by atoms with Crippen LogP contribution in [0.5, 0.6) is 11.5 Å². The van der Waals surface area contributed by atoms with Gasteiger partial charge in [0, 0.05) is 25.7 Å². The van der Waals surface area contributed by atoms with Gasteiger partial charge >= 0.3 is 5.97 Å². The fourth-order valence-electron chi connectivity index (χ4n) is 4.30. The molecular weight excluding hydrogens is 412 g/mol. The van der Waals surface area contributed by atoms with E-state index in [0.717, 1.165) is 12.8 Å². The molecule has 0 N–H and O–H groups in total. The third-order valence-electron chi connectivity index (χ3n) is 6.19. The highest BCUT2D eigenvalue weighted by molar-refractivity contribution is 5.97. The molecule has 0 aromatic heterocycles. The van der Waals surface area contributed by atoms with Gasteiger partial charge in [0.1, 0.15) is 0 Å². The second-order valence-electron chi connectivity index (χ2n) is 8.46. The molecule has 32 heavy (non-hydrogen) atoms. The van der Waals surface area contributed by atoms with Crippen LogP contribution in [-0.2, 0) is 14.3 Å². The summed E-state index contributed by atoms with van der Waals surface area (Å²) in [4.78, 5) is 40.6. The maximum Gasteiger partial charge on any atom is 0.309 e. The van der Waals surface area contributed by atoms with Crippen molar-refractivity contribution in [3.63, 3.8) is 0 Å². The first-order valence-corrected chi connectivity index (χ1v) is 11.5. The molecule has 0 radical (unpaired) electrons. The number of likely N-dealkylation sites (N-methyl/N-ethyl adjacent to an activating group) is 1. The third kappa shape index (κ3) is 5.93. The largest absolute Gasteiger partial charge is 0.493 e. The highest BCUT2D eigenvalue weighted by atomic mass is 16.5. The number of carbonyl (C=O) groups is 3. The molecule has 1 aromatic carbocycles. The summed E-state index contributed by atoms with van der Waals surface area (Å²) in [5.74, 6) is 0.418. The van der Waals surface area contributed by atoms with Gasteiger partial charge in [0.05, 0.1) is 32.3 Å². The average Bonchev–Trinajstić information content (AvgIpc) is 3.32. The molecule has 1 aromatic rings. The molecule has 2 amide bonds. The number of amides is 2. The zero-order valence-electron chi connectivity index (χ0n) is 19.3. The van der Waals surface area contributed by atoms with E-state index in [4.69, 9.17) is 14.2 Å². The van der Waals surface area contributed by atoms with Crippen molar-refractivity contribution in [3.05, 3.63) is 23.8 Å². The fourth-order valence-corrected chi connectivity index (χ4v) is 4.30. The number of likely N-dealkylation sites (tertiary alicyclic amines) is 1. The lowest BCUT2D eigenvalue weighted by Gasteiger charge is -2.32. The normalized spacial score (nSPS) is 17.2. The summed E-state index contributed by atoms with van der Waals surface area (Å²) in [6.45, 7) is 3.11. The first-order valence-electron chi connectivity index (χ1n) is 11.5. The van der Waals surface area contributed by atoms with Crippen LogP contribution in [0.15, 0.2) is 18.2 Å². The third-order valence-corrected chi connectivity index (χ3v) is 6.19. The predicted molar refractivity (Wildman–Crippen MR) is 119 cm³/mol. The Balaban J connectivity index is 1.54. The van der Waals surface area contributed by atoms with Crippen molar-refractivity contribution >= 4 is 17.8 Å². The summed E-state index contributed by atoms with van der Waals surface area (Å²) in [6.07, 6.45) is 5.77. The van der Waals surface area contributed by atoms with E-state index in [2.05, 4.69) is 0 Å². The highest BCUT2D eigenvalue weighted by Crippen LogP contribution is 2.32. The van der Waals surface area contributed by atoms with Crippen molar-refractivity contribution in [1.82, 2.24) is 9.80 Å². The van der Waals surface area contributed by atoms with E-state index in [1.165, 1.54) is 17.7 Å². The Morgan fingerprint density at radius 1 is 1.06 bits per heavy atom. The topological polar surface area (TPSA) is 85.4 Å². The van der Waals surface area contributed by atoms with Crippen LogP contribution in [0.4, 0.5) is 0 Å². The minimum absolute atomic E-state index is 0.0223. The Labute approximate surface area is 189 Å². The summed E-state index contributed by atoms with van der Waals surface area (Å²) < 4.78 is 16.5. The van der Waals surface area contributed by atoms with Gasteiger partial charge in [-0.05, 0) is 63.6 Å². The lowest BCUT2D eigenvalue weighted by Crippen LogP contribution is -2.45. The Hall–Kier alpha value is -2.77. The van der Waals surface area contributed by atoms with Crippen LogP contribution in [0, 0.1) is 5.92 Å². The molecule has 1 saturated carbocycles. The Morgan fingerprint density at radius 3 is 2.38 bits per heavy atom. The number of methoxy groups -OCH3 is 1. The highest BCUT2D eigenvalue weighted by Gasteiger charge is 2.29. The lowest BCUT2D eigenvalue weighted by atomic mass is 9.97. The van der Waals surface area contributed by atoms with E-state index >= 15 is 0 Å². The monoisotopic (exact) mass is 446 g/mol. The molecule has 1 aliphatic carbocycles. The van der Waals surface area contributed by atoms with Gasteiger partial charge in [-0.2, -0.15) is 0 Å². The van der Waals surface area contributed by atoms with Gasteiger partial charge in [0.2, 0.25) is 5.91 Å². The number of ether oxygens (including phenoxy) is 3. The van der Waals surface area contributed by atoms with Gasteiger partial charge < -0.3 is 24.0 Å². The van der Waals surface area contributed by atoms with Gasteiger partial charge in [0.15, 0.2) is 11.5 Å². The van der Waals surface area contributed by atoms with Crippen LogP contribution < -0.4 is 9.47 Å². The number of hydrogen-bond acceptors (Lipinski definition) is 6. The molecule has 0 atom stereocenters. The minimum Gasteiger partial charge on any atom is -0.493 e. The molecule has 2 aliphatic rings. The maximum absolute atomic E-state index is 12.9. The number of hydrogen-bond donors (Lipinski definition) is 0. The average molecular weight is 447 g/mol. The summed E-state index contributed by atoms with van der Waals surface area (Å²) >= 11 is 0. The molecular formula is C24H34N2O6. The number of rotatable bonds is 8. The second-order valence-corrected chi connectivity index (χ2v) is 8.46. The molecule has 1 heterocycles. The predicted octanol–water partition coefficient (Wildman–Crippen LogP) is 2.89. The molecule has 1 aliphatic heterocycles. The van der Waals surface area contributed by atoms with E-state index in [1.807, 2.05) is 0 Å². The van der Waals surface area contributed by atoms with Crippen LogP contribution in [-0.4, -0.2) is 74.1 Å². The molecule has 0 bridgehead atoms. The van der Waals surface area contributed by atoms with Crippen molar-refractivity contribution in [2.75, 3.05) is 40.4 Å². The van der Waals surface area contributed by atoms with Crippen molar-refractivity contribution in [3.8, 4) is 11.5 Å². The van der Waals surface area contributed by atoms with Crippen molar-refractivity contribution in [2.24, 2.45) is 5.92 Å². The van der Waals surface area contributed by atoms with E-state index in [1.54, 1.807) is 44.2 Å². The number of carbonyl (C=O) groups excluding carboxylic acids is 3. The molecule has 8 nitrogen and oxygen atoms in total. The summed E-state index contributed by atoms with van der Waals surface area (Å²) in [6, 6.07) is 5.14. The number of piperidine rings is 1. The molecule has 1 saturated heterocycles. The van der Waals surface area contributed by atoms with E-state index in [0.29, 0.717) is 49.6 Å². The molecule has 3 rings (SSSR count). The molecule has 0 unspecified atom stereocenters. The molecule has 8 heteroatoms. The fraction of sp³-hybridized carbons (Fsp3) is 0.625. The Morgan fingerprint density at radius 2 is 1.75 bits per heavy atom.